The molecular formula is C19H28N6O2S2. The SMILES string of the molecule is C=CCn1c(-c2sc(NC(=O)C(NC(=O)CC(C)C)C(C)C)nc2C)n[nH]c1=S. The molecule has 0 spiro atoms. The number of thiazole rings is 1. The van der Waals surface area contributed by atoms with Crippen molar-refractivity contribution in [2.45, 2.75) is 53.6 Å². The second-order valence-corrected chi connectivity index (χ2v) is 8.95. The quantitative estimate of drug-likeness (QED) is 0.411. The first-order valence-corrected chi connectivity index (χ1v) is 10.7. The van der Waals surface area contributed by atoms with E-state index in [1.807, 2.05) is 39.2 Å². The Balaban J connectivity index is 2.21. The lowest BCUT2D eigenvalue weighted by Crippen LogP contribution is -2.47. The van der Waals surface area contributed by atoms with Gasteiger partial charge in [0.05, 0.1) is 10.6 Å². The third-order valence-electron chi connectivity index (χ3n) is 4.16. The van der Waals surface area contributed by atoms with E-state index in [1.54, 1.807) is 6.08 Å². The van der Waals surface area contributed by atoms with Crippen LogP contribution in [0.4, 0.5) is 5.13 Å². The predicted octanol–water partition coefficient (Wildman–Crippen LogP) is 3.68. The number of carbonyl (C=O) groups is 2. The summed E-state index contributed by atoms with van der Waals surface area (Å²) in [7, 11) is 0. The van der Waals surface area contributed by atoms with Gasteiger partial charge in [-0.2, -0.15) is 5.10 Å². The molecule has 3 N–H and O–H groups in total. The van der Waals surface area contributed by atoms with E-state index in [4.69, 9.17) is 12.2 Å². The molecule has 0 aliphatic carbocycles. The normalized spacial score (nSPS) is 12.2. The molecule has 0 radical (unpaired) electrons. The Labute approximate surface area is 179 Å². The number of carbonyl (C=O) groups excluding carboxylic acids is 2. The zero-order chi connectivity index (χ0) is 21.7. The molecule has 0 saturated carbocycles. The number of H-pyrrole nitrogens is 1. The Kier molecular flexibility index (Phi) is 7.86. The number of rotatable bonds is 9. The van der Waals surface area contributed by atoms with Crippen LogP contribution in [-0.4, -0.2) is 37.6 Å². The third kappa shape index (κ3) is 5.83. The van der Waals surface area contributed by atoms with Crippen LogP contribution in [0, 0.1) is 23.5 Å². The molecule has 158 valence electrons. The van der Waals surface area contributed by atoms with Gasteiger partial charge in [0.2, 0.25) is 11.8 Å². The van der Waals surface area contributed by atoms with E-state index in [-0.39, 0.29) is 23.7 Å². The van der Waals surface area contributed by atoms with E-state index in [0.717, 1.165) is 10.6 Å². The minimum Gasteiger partial charge on any atom is -0.344 e. The van der Waals surface area contributed by atoms with Gasteiger partial charge in [0.15, 0.2) is 15.7 Å². The molecule has 0 bridgehead atoms. The highest BCUT2D eigenvalue weighted by molar-refractivity contribution is 7.71. The van der Waals surface area contributed by atoms with Crippen molar-refractivity contribution in [2.75, 3.05) is 5.32 Å². The highest BCUT2D eigenvalue weighted by Crippen LogP contribution is 2.31. The first-order chi connectivity index (χ1) is 13.6. The molecule has 1 atom stereocenters. The number of hydrogen-bond acceptors (Lipinski definition) is 6. The average Bonchev–Trinajstić information content (AvgIpc) is 3.14. The Morgan fingerprint density at radius 2 is 2.03 bits per heavy atom. The molecule has 2 heterocycles. The Bertz CT molecular complexity index is 941. The lowest BCUT2D eigenvalue weighted by atomic mass is 10.0. The monoisotopic (exact) mass is 436 g/mol. The predicted molar refractivity (Wildman–Crippen MR) is 118 cm³/mol. The summed E-state index contributed by atoms with van der Waals surface area (Å²) in [6.07, 6.45) is 2.11. The van der Waals surface area contributed by atoms with Gasteiger partial charge in [-0.05, 0) is 31.0 Å². The number of aromatic nitrogens is 4. The number of aromatic amines is 1. The number of anilines is 1. The fraction of sp³-hybridized carbons (Fsp3) is 0.526. The molecule has 2 aromatic rings. The van der Waals surface area contributed by atoms with Gasteiger partial charge in [-0.1, -0.05) is 45.1 Å². The number of hydrogen-bond donors (Lipinski definition) is 3. The molecule has 0 aliphatic heterocycles. The third-order valence-corrected chi connectivity index (χ3v) is 5.54. The van der Waals surface area contributed by atoms with Gasteiger partial charge in [0.1, 0.15) is 6.04 Å². The molecule has 0 fully saturated rings. The molecule has 0 aliphatic rings. The maximum Gasteiger partial charge on any atom is 0.248 e. The summed E-state index contributed by atoms with van der Waals surface area (Å²) in [6, 6.07) is -0.635. The van der Waals surface area contributed by atoms with Crippen LogP contribution < -0.4 is 10.6 Å². The van der Waals surface area contributed by atoms with Crippen LogP contribution in [0.3, 0.4) is 0 Å². The lowest BCUT2D eigenvalue weighted by Gasteiger charge is -2.21. The molecule has 10 heteroatoms. The van der Waals surface area contributed by atoms with E-state index < -0.39 is 6.04 Å². The number of amides is 2. The average molecular weight is 437 g/mol. The molecular weight excluding hydrogens is 408 g/mol. The Morgan fingerprint density at radius 1 is 1.34 bits per heavy atom. The van der Waals surface area contributed by atoms with Crippen molar-refractivity contribution in [3.63, 3.8) is 0 Å². The largest absolute Gasteiger partial charge is 0.344 e. The summed E-state index contributed by atoms with van der Waals surface area (Å²) >= 11 is 6.58. The van der Waals surface area contributed by atoms with Crippen molar-refractivity contribution in [1.29, 1.82) is 0 Å². The number of aryl methyl sites for hydroxylation is 1. The van der Waals surface area contributed by atoms with E-state index in [0.29, 0.717) is 28.7 Å². The first-order valence-electron chi connectivity index (χ1n) is 9.48. The zero-order valence-electron chi connectivity index (χ0n) is 17.4. The van der Waals surface area contributed by atoms with Crippen LogP contribution >= 0.6 is 23.6 Å². The van der Waals surface area contributed by atoms with Crippen molar-refractivity contribution in [1.82, 2.24) is 25.1 Å². The number of nitrogens with zero attached hydrogens (tertiary/aromatic N) is 3. The smallest absolute Gasteiger partial charge is 0.248 e. The van der Waals surface area contributed by atoms with Crippen LogP contribution in [0.2, 0.25) is 0 Å². The zero-order valence-corrected chi connectivity index (χ0v) is 19.0. The molecule has 1 unspecified atom stereocenters. The fourth-order valence-electron chi connectivity index (χ4n) is 2.77. The summed E-state index contributed by atoms with van der Waals surface area (Å²) in [6.45, 7) is 13.8. The van der Waals surface area contributed by atoms with Crippen molar-refractivity contribution in [3.05, 3.63) is 23.1 Å². The van der Waals surface area contributed by atoms with Crippen molar-refractivity contribution in [3.8, 4) is 10.7 Å². The molecule has 2 amide bonds. The summed E-state index contributed by atoms with van der Waals surface area (Å²) < 4.78 is 2.31. The molecule has 2 aromatic heterocycles. The number of nitrogens with one attached hydrogen (secondary N) is 3. The van der Waals surface area contributed by atoms with Crippen LogP contribution in [0.5, 0.6) is 0 Å². The first kappa shape index (κ1) is 23.0. The molecule has 29 heavy (non-hydrogen) atoms. The van der Waals surface area contributed by atoms with Gasteiger partial charge in [-0.25, -0.2) is 4.98 Å². The number of allylic oxidation sites excluding steroid dienone is 1. The van der Waals surface area contributed by atoms with E-state index in [1.165, 1.54) is 11.3 Å². The maximum absolute atomic E-state index is 12.8. The van der Waals surface area contributed by atoms with E-state index in [2.05, 4.69) is 32.4 Å². The second kappa shape index (κ2) is 9.93. The molecule has 0 saturated heterocycles. The van der Waals surface area contributed by atoms with Crippen molar-refractivity contribution >= 4 is 40.5 Å². The highest BCUT2D eigenvalue weighted by atomic mass is 32.1. The van der Waals surface area contributed by atoms with Crippen LogP contribution in [0.15, 0.2) is 12.7 Å². The molecule has 0 aromatic carbocycles. The van der Waals surface area contributed by atoms with Crippen LogP contribution in [0.25, 0.3) is 10.7 Å². The molecule has 8 nitrogen and oxygen atoms in total. The van der Waals surface area contributed by atoms with Gasteiger partial charge in [0.25, 0.3) is 0 Å². The van der Waals surface area contributed by atoms with Crippen molar-refractivity contribution in [2.24, 2.45) is 11.8 Å². The highest BCUT2D eigenvalue weighted by Gasteiger charge is 2.26. The standard InChI is InChI=1S/C19H28N6O2S2/c1-7-8-25-16(23-24-19(25)28)15-12(6)20-18(29-15)22-17(27)14(11(4)5)21-13(26)9-10(2)3/h7,10-11,14H,1,8-9H2,2-6H3,(H,21,26)(H,24,28)(H,20,22,27). The van der Waals surface area contributed by atoms with Gasteiger partial charge >= 0.3 is 0 Å². The maximum atomic E-state index is 12.8. The fourth-order valence-corrected chi connectivity index (χ4v) is 3.94. The second-order valence-electron chi connectivity index (χ2n) is 7.56. The summed E-state index contributed by atoms with van der Waals surface area (Å²) in [5.74, 6) is 0.388. The minimum absolute atomic E-state index is 0.0597. The van der Waals surface area contributed by atoms with Crippen LogP contribution in [0.1, 0.15) is 39.8 Å². The van der Waals surface area contributed by atoms with Gasteiger partial charge in [0, 0.05) is 13.0 Å². The van der Waals surface area contributed by atoms with Gasteiger partial charge in [-0.15, -0.1) is 6.58 Å². The Morgan fingerprint density at radius 3 is 2.62 bits per heavy atom. The summed E-state index contributed by atoms with van der Waals surface area (Å²) in [5.41, 5.74) is 0.731. The van der Waals surface area contributed by atoms with E-state index in [9.17, 15) is 9.59 Å². The van der Waals surface area contributed by atoms with Gasteiger partial charge < -0.3 is 10.6 Å². The van der Waals surface area contributed by atoms with Gasteiger partial charge in [-0.3, -0.25) is 19.3 Å². The van der Waals surface area contributed by atoms with E-state index >= 15 is 0 Å². The molecule has 2 rings (SSSR count). The summed E-state index contributed by atoms with van der Waals surface area (Å²) in [4.78, 5) is 30.2. The Hall–Kier alpha value is -2.33. The topological polar surface area (TPSA) is 105 Å². The van der Waals surface area contributed by atoms with Crippen molar-refractivity contribution < 1.29 is 9.59 Å². The minimum atomic E-state index is -0.635. The lowest BCUT2D eigenvalue weighted by molar-refractivity contribution is -0.127. The van der Waals surface area contributed by atoms with Crippen LogP contribution in [-0.2, 0) is 16.1 Å². The summed E-state index contributed by atoms with van der Waals surface area (Å²) in [5, 5.41) is 13.2.